The summed E-state index contributed by atoms with van der Waals surface area (Å²) in [5, 5.41) is 6.58. The zero-order chi connectivity index (χ0) is 16.6. The molecule has 1 fully saturated rings. The lowest BCUT2D eigenvalue weighted by Crippen LogP contribution is -2.22. The van der Waals surface area contributed by atoms with Crippen molar-refractivity contribution in [1.29, 1.82) is 0 Å². The molecule has 2 heterocycles. The van der Waals surface area contributed by atoms with E-state index in [0.717, 1.165) is 36.8 Å². The van der Waals surface area contributed by atoms with Crippen LogP contribution in [0.4, 0.5) is 17.5 Å². The number of methoxy groups -OCH3 is 1. The van der Waals surface area contributed by atoms with Gasteiger partial charge >= 0.3 is 0 Å². The van der Waals surface area contributed by atoms with Gasteiger partial charge in [-0.05, 0) is 57.1 Å². The van der Waals surface area contributed by atoms with Crippen LogP contribution in [0.5, 0.6) is 5.75 Å². The van der Waals surface area contributed by atoms with E-state index in [-0.39, 0.29) is 0 Å². The highest BCUT2D eigenvalue weighted by Crippen LogP contribution is 2.19. The van der Waals surface area contributed by atoms with Crippen LogP contribution in [0, 0.1) is 0 Å². The molecule has 0 bridgehead atoms. The Morgan fingerprint density at radius 1 is 1.21 bits per heavy atom. The Hall–Kier alpha value is -2.34. The van der Waals surface area contributed by atoms with Crippen molar-refractivity contribution in [1.82, 2.24) is 14.9 Å². The molecular formula is C18H25N5O. The second-order valence-corrected chi connectivity index (χ2v) is 5.95. The lowest BCUT2D eigenvalue weighted by molar-refractivity contribution is 0.337. The quantitative estimate of drug-likeness (QED) is 0.726. The first-order chi connectivity index (χ1) is 11.8. The van der Waals surface area contributed by atoms with Crippen molar-refractivity contribution in [3.63, 3.8) is 0 Å². The second-order valence-electron chi connectivity index (χ2n) is 5.95. The number of hydrogen-bond acceptors (Lipinski definition) is 6. The van der Waals surface area contributed by atoms with Crippen molar-refractivity contribution in [3.8, 4) is 5.75 Å². The molecule has 0 amide bonds. The number of nitrogens with zero attached hydrogens (tertiary/aromatic N) is 3. The molecule has 1 aromatic carbocycles. The Morgan fingerprint density at radius 3 is 2.92 bits per heavy atom. The van der Waals surface area contributed by atoms with Gasteiger partial charge in [-0.15, -0.1) is 0 Å². The van der Waals surface area contributed by atoms with E-state index in [1.54, 1.807) is 13.3 Å². The molecule has 0 spiro atoms. The van der Waals surface area contributed by atoms with E-state index in [4.69, 9.17) is 4.74 Å². The molecule has 6 heteroatoms. The summed E-state index contributed by atoms with van der Waals surface area (Å²) in [4.78, 5) is 11.3. The topological polar surface area (TPSA) is 62.3 Å². The van der Waals surface area contributed by atoms with Crippen LogP contribution in [0.3, 0.4) is 0 Å². The van der Waals surface area contributed by atoms with Crippen LogP contribution in [-0.4, -0.2) is 48.2 Å². The highest BCUT2D eigenvalue weighted by molar-refractivity contribution is 5.56. The number of rotatable bonds is 8. The zero-order valence-electron chi connectivity index (χ0n) is 14.2. The summed E-state index contributed by atoms with van der Waals surface area (Å²) in [5.41, 5.74) is 0.903. The van der Waals surface area contributed by atoms with Gasteiger partial charge in [-0.25, -0.2) is 4.98 Å². The van der Waals surface area contributed by atoms with E-state index in [0.29, 0.717) is 5.95 Å². The van der Waals surface area contributed by atoms with E-state index in [2.05, 4.69) is 25.5 Å². The largest absolute Gasteiger partial charge is 0.497 e. The monoisotopic (exact) mass is 327 g/mol. The Bertz CT molecular complexity index is 643. The molecule has 2 N–H and O–H groups in total. The standard InChI is InChI=1S/C18H25N5O/c1-24-16-7-4-6-15(14-16)21-18-20-10-8-17(22-18)19-9-5-13-23-11-2-3-12-23/h4,6-8,10,14H,2-3,5,9,11-13H2,1H3,(H2,19,20,21,22). The molecule has 0 atom stereocenters. The number of ether oxygens (including phenoxy) is 1. The Balaban J connectivity index is 1.49. The van der Waals surface area contributed by atoms with E-state index < -0.39 is 0 Å². The van der Waals surface area contributed by atoms with E-state index >= 15 is 0 Å². The molecule has 0 unspecified atom stereocenters. The Kier molecular flexibility index (Phi) is 5.85. The van der Waals surface area contributed by atoms with Crippen LogP contribution in [0.1, 0.15) is 19.3 Å². The van der Waals surface area contributed by atoms with Gasteiger partial charge < -0.3 is 20.3 Å². The summed E-state index contributed by atoms with van der Waals surface area (Å²) in [7, 11) is 1.66. The Morgan fingerprint density at radius 2 is 2.08 bits per heavy atom. The number of aromatic nitrogens is 2. The minimum Gasteiger partial charge on any atom is -0.497 e. The average Bonchev–Trinajstić information content (AvgIpc) is 3.13. The second kappa shape index (κ2) is 8.49. The maximum absolute atomic E-state index is 5.23. The van der Waals surface area contributed by atoms with Gasteiger partial charge in [0.15, 0.2) is 0 Å². The van der Waals surface area contributed by atoms with Crippen LogP contribution >= 0.6 is 0 Å². The van der Waals surface area contributed by atoms with Gasteiger partial charge in [0.2, 0.25) is 5.95 Å². The highest BCUT2D eigenvalue weighted by atomic mass is 16.5. The number of hydrogen-bond donors (Lipinski definition) is 2. The fourth-order valence-electron chi connectivity index (χ4n) is 2.87. The number of anilines is 3. The number of nitrogens with one attached hydrogen (secondary N) is 2. The lowest BCUT2D eigenvalue weighted by atomic mass is 10.3. The van der Waals surface area contributed by atoms with Crippen molar-refractivity contribution >= 4 is 17.5 Å². The SMILES string of the molecule is COc1cccc(Nc2nccc(NCCCN3CCCC3)n2)c1. The molecule has 2 aromatic rings. The van der Waals surface area contributed by atoms with E-state index in [1.165, 1.54) is 25.9 Å². The first-order valence-corrected chi connectivity index (χ1v) is 8.54. The van der Waals surface area contributed by atoms with Crippen LogP contribution in [0.25, 0.3) is 0 Å². The first-order valence-electron chi connectivity index (χ1n) is 8.54. The molecular weight excluding hydrogens is 302 g/mol. The molecule has 1 saturated heterocycles. The van der Waals surface area contributed by atoms with Gasteiger partial charge in [-0.2, -0.15) is 4.98 Å². The fraction of sp³-hybridized carbons (Fsp3) is 0.444. The zero-order valence-corrected chi connectivity index (χ0v) is 14.2. The number of likely N-dealkylation sites (tertiary alicyclic amines) is 1. The van der Waals surface area contributed by atoms with Crippen LogP contribution < -0.4 is 15.4 Å². The molecule has 1 aliphatic heterocycles. The summed E-state index contributed by atoms with van der Waals surface area (Å²) in [6, 6.07) is 9.61. The predicted octanol–water partition coefficient (Wildman–Crippen LogP) is 3.13. The smallest absolute Gasteiger partial charge is 0.229 e. The van der Waals surface area contributed by atoms with Gasteiger partial charge in [0.25, 0.3) is 0 Å². The fourth-order valence-corrected chi connectivity index (χ4v) is 2.87. The van der Waals surface area contributed by atoms with Crippen molar-refractivity contribution in [2.24, 2.45) is 0 Å². The van der Waals surface area contributed by atoms with E-state index in [1.807, 2.05) is 30.3 Å². The Labute approximate surface area is 143 Å². The molecule has 128 valence electrons. The third-order valence-electron chi connectivity index (χ3n) is 4.14. The summed E-state index contributed by atoms with van der Waals surface area (Å²) in [6.07, 6.45) is 5.58. The molecule has 0 radical (unpaired) electrons. The van der Waals surface area contributed by atoms with Gasteiger partial charge in [-0.3, -0.25) is 0 Å². The third kappa shape index (κ3) is 4.83. The van der Waals surface area contributed by atoms with Crippen LogP contribution in [0.2, 0.25) is 0 Å². The van der Waals surface area contributed by atoms with Crippen molar-refractivity contribution in [3.05, 3.63) is 36.5 Å². The average molecular weight is 327 g/mol. The minimum atomic E-state index is 0.577. The van der Waals surface area contributed by atoms with Gasteiger partial charge in [0, 0.05) is 24.5 Å². The summed E-state index contributed by atoms with van der Waals surface area (Å²) in [6.45, 7) is 4.59. The van der Waals surface area contributed by atoms with Crippen molar-refractivity contribution in [2.75, 3.05) is 43.9 Å². The molecule has 3 rings (SSSR count). The predicted molar refractivity (Wildman–Crippen MR) is 97.1 cm³/mol. The lowest BCUT2D eigenvalue weighted by Gasteiger charge is -2.14. The summed E-state index contributed by atoms with van der Waals surface area (Å²) >= 11 is 0. The molecule has 24 heavy (non-hydrogen) atoms. The molecule has 1 aliphatic rings. The van der Waals surface area contributed by atoms with Gasteiger partial charge in [0.05, 0.1) is 7.11 Å². The van der Waals surface area contributed by atoms with Gasteiger partial charge in [-0.1, -0.05) is 6.07 Å². The van der Waals surface area contributed by atoms with Crippen molar-refractivity contribution in [2.45, 2.75) is 19.3 Å². The van der Waals surface area contributed by atoms with Gasteiger partial charge in [0.1, 0.15) is 11.6 Å². The molecule has 0 saturated carbocycles. The maximum atomic E-state index is 5.23. The first kappa shape index (κ1) is 16.5. The van der Waals surface area contributed by atoms with Crippen LogP contribution in [-0.2, 0) is 0 Å². The summed E-state index contributed by atoms with van der Waals surface area (Å²) in [5.74, 6) is 2.22. The maximum Gasteiger partial charge on any atom is 0.229 e. The molecule has 1 aromatic heterocycles. The summed E-state index contributed by atoms with van der Waals surface area (Å²) < 4.78 is 5.23. The van der Waals surface area contributed by atoms with Crippen LogP contribution in [0.15, 0.2) is 36.5 Å². The normalized spacial score (nSPS) is 14.5. The molecule has 0 aliphatic carbocycles. The van der Waals surface area contributed by atoms with E-state index in [9.17, 15) is 0 Å². The highest BCUT2D eigenvalue weighted by Gasteiger charge is 2.10. The third-order valence-corrected chi connectivity index (χ3v) is 4.14. The number of benzene rings is 1. The van der Waals surface area contributed by atoms with Crippen molar-refractivity contribution < 1.29 is 4.74 Å². The molecule has 6 nitrogen and oxygen atoms in total. The minimum absolute atomic E-state index is 0.577.